The zero-order valence-corrected chi connectivity index (χ0v) is 47.4. The standard InChI is InChI=1S/C55H71ClN12O12S2/c1-31(69)46-55(80)67-45(53(78)64-42(47(59)72)26-33-12-18-37(70)19-13-33)30-82-81-29-44(66-49(74)39(58)25-32-10-16-36(56)17-11-32)54(79)65-43(27-34-14-20-38(71)21-15-34)52(77)63-40(50(75)62-41(51(76)68-46)8-2-4-22-57)9-3-5-24-61-48(73)35-7-6-23-60-28-35/h6-7,10-21,23,28,31,39-46,69-71H,2-5,8-9,22,24-27,29-30,57-58H2,1H3,(H2,59,72)(H,61,73)(H,62,75)(H,63,77)(H,64,78)(H,65,79)(H,66,74)(H,67,80)(H,68,76)/t31?,39-,40+,41-,42+,43-,44+,45-,46?/m0/s1. The molecule has 0 saturated carbocycles. The average Bonchev–Trinajstić information content (AvgIpc) is 3.61. The number of aliphatic hydroxyl groups is 1. The SMILES string of the molecule is CC(O)C1NC(=O)[C@H](CCCCN)NC(=O)[C@@H](CCCCNC(=O)c2cccnc2)NC(=O)[C@H](Cc2ccc(O)cc2)NC(=O)[C@H](NC(=O)[C@@H](N)Cc2ccc(Cl)cc2)CSSC[C@@H](C(=O)N[C@H](Cc2ccc(O)cc2)C(N)=O)NC1=O. The van der Waals surface area contributed by atoms with Crippen molar-refractivity contribution in [2.75, 3.05) is 24.6 Å². The van der Waals surface area contributed by atoms with Gasteiger partial charge >= 0.3 is 0 Å². The van der Waals surface area contributed by atoms with Crippen molar-refractivity contribution in [3.05, 3.63) is 125 Å². The Labute approximate surface area is 487 Å². The van der Waals surface area contributed by atoms with Gasteiger partial charge in [-0.15, -0.1) is 0 Å². The van der Waals surface area contributed by atoms with Crippen LogP contribution in [-0.4, -0.2) is 153 Å². The molecule has 1 fully saturated rings. The maximum Gasteiger partial charge on any atom is 0.252 e. The molecule has 0 bridgehead atoms. The second kappa shape index (κ2) is 33.4. The first-order valence-corrected chi connectivity index (χ1v) is 29.4. The lowest BCUT2D eigenvalue weighted by Crippen LogP contribution is -2.62. The highest BCUT2D eigenvalue weighted by Crippen LogP contribution is 2.24. The van der Waals surface area contributed by atoms with E-state index in [1.54, 1.807) is 36.4 Å². The Hall–Kier alpha value is -7.49. The van der Waals surface area contributed by atoms with Crippen molar-refractivity contribution in [3.63, 3.8) is 0 Å². The van der Waals surface area contributed by atoms with Crippen LogP contribution in [0.25, 0.3) is 0 Å². The van der Waals surface area contributed by atoms with Gasteiger partial charge in [-0.1, -0.05) is 69.6 Å². The molecule has 27 heteroatoms. The molecule has 3 aromatic carbocycles. The van der Waals surface area contributed by atoms with Crippen LogP contribution in [0.1, 0.15) is 72.5 Å². The number of aromatic nitrogens is 1. The minimum absolute atomic E-state index is 0.0305. The summed E-state index contributed by atoms with van der Waals surface area (Å²) in [5.41, 5.74) is 19.9. The number of carbonyl (C=O) groups is 9. The van der Waals surface area contributed by atoms with E-state index in [0.717, 1.165) is 21.6 Å². The van der Waals surface area contributed by atoms with Crippen LogP contribution < -0.4 is 59.7 Å². The summed E-state index contributed by atoms with van der Waals surface area (Å²) >= 11 is 6.08. The number of carbonyl (C=O) groups excluding carboxylic acids is 9. The van der Waals surface area contributed by atoms with Crippen LogP contribution in [0.4, 0.5) is 0 Å². The lowest BCUT2D eigenvalue weighted by molar-refractivity contribution is -0.136. The van der Waals surface area contributed by atoms with Crippen LogP contribution in [0.15, 0.2) is 97.3 Å². The summed E-state index contributed by atoms with van der Waals surface area (Å²) < 4.78 is 0. The molecule has 0 spiro atoms. The van der Waals surface area contributed by atoms with E-state index in [0.29, 0.717) is 46.5 Å². The number of aromatic hydroxyl groups is 2. The second-order valence-electron chi connectivity index (χ2n) is 19.5. The number of amides is 9. The van der Waals surface area contributed by atoms with E-state index in [1.165, 1.54) is 67.8 Å². The number of hydrogen-bond donors (Lipinski definition) is 14. The van der Waals surface area contributed by atoms with Crippen LogP contribution in [-0.2, 0) is 57.6 Å². The van der Waals surface area contributed by atoms with Crippen molar-refractivity contribution in [1.29, 1.82) is 0 Å². The second-order valence-corrected chi connectivity index (χ2v) is 22.5. The Balaban J connectivity index is 1.53. The van der Waals surface area contributed by atoms with Gasteiger partial charge in [0.05, 0.1) is 17.7 Å². The van der Waals surface area contributed by atoms with E-state index in [-0.39, 0.29) is 74.6 Å². The smallest absolute Gasteiger partial charge is 0.252 e. The molecule has 2 heterocycles. The number of hydrogen-bond acceptors (Lipinski definition) is 17. The molecule has 5 rings (SSSR count). The van der Waals surface area contributed by atoms with Gasteiger partial charge in [-0.3, -0.25) is 48.1 Å². The van der Waals surface area contributed by atoms with E-state index >= 15 is 0 Å². The topological polar surface area (TPSA) is 402 Å². The number of unbranched alkanes of at least 4 members (excludes halogenated alkanes) is 2. The number of primary amides is 1. The van der Waals surface area contributed by atoms with E-state index in [4.69, 9.17) is 28.8 Å². The number of nitrogens with two attached hydrogens (primary N) is 3. The molecule has 0 aliphatic carbocycles. The van der Waals surface area contributed by atoms with Gasteiger partial charge in [0.25, 0.3) is 5.91 Å². The summed E-state index contributed by atoms with van der Waals surface area (Å²) in [5.74, 6) is -8.27. The number of phenolic OH excluding ortho intramolecular Hbond substituents is 2. The lowest BCUT2D eigenvalue weighted by atomic mass is 10.0. The first-order valence-electron chi connectivity index (χ1n) is 26.5. The molecule has 442 valence electrons. The van der Waals surface area contributed by atoms with Gasteiger partial charge in [-0.25, -0.2) is 0 Å². The Morgan fingerprint density at radius 3 is 1.87 bits per heavy atom. The van der Waals surface area contributed by atoms with Crippen molar-refractivity contribution in [2.45, 2.75) is 119 Å². The molecule has 82 heavy (non-hydrogen) atoms. The molecule has 1 aliphatic heterocycles. The molecule has 2 unspecified atom stereocenters. The van der Waals surface area contributed by atoms with Gasteiger partial charge in [0.2, 0.25) is 47.3 Å². The summed E-state index contributed by atoms with van der Waals surface area (Å²) in [6.45, 7) is 1.59. The third-order valence-corrected chi connectivity index (χ3v) is 15.6. The van der Waals surface area contributed by atoms with E-state index in [9.17, 15) is 58.5 Å². The quantitative estimate of drug-likeness (QED) is 0.0360. The largest absolute Gasteiger partial charge is 0.508 e. The van der Waals surface area contributed by atoms with Crippen molar-refractivity contribution in [1.82, 2.24) is 47.5 Å². The number of phenols is 2. The van der Waals surface area contributed by atoms with E-state index in [1.807, 2.05) is 0 Å². The highest BCUT2D eigenvalue weighted by Gasteiger charge is 2.36. The first-order chi connectivity index (χ1) is 39.2. The number of benzene rings is 3. The molecule has 1 saturated heterocycles. The highest BCUT2D eigenvalue weighted by molar-refractivity contribution is 8.76. The number of halogens is 1. The summed E-state index contributed by atoms with van der Waals surface area (Å²) in [4.78, 5) is 130. The summed E-state index contributed by atoms with van der Waals surface area (Å²) in [5, 5.41) is 52.6. The van der Waals surface area contributed by atoms with Gasteiger partial charge < -0.3 is 75.1 Å². The monoisotopic (exact) mass is 1190 g/mol. The number of pyridine rings is 1. The minimum Gasteiger partial charge on any atom is -0.508 e. The van der Waals surface area contributed by atoms with Crippen molar-refractivity contribution < 1.29 is 58.5 Å². The lowest BCUT2D eigenvalue weighted by Gasteiger charge is -2.29. The van der Waals surface area contributed by atoms with E-state index < -0.39 is 108 Å². The summed E-state index contributed by atoms with van der Waals surface area (Å²) in [7, 11) is 1.92. The predicted molar refractivity (Wildman–Crippen MR) is 309 cm³/mol. The van der Waals surface area contributed by atoms with Gasteiger partial charge in [-0.05, 0) is 124 Å². The predicted octanol–water partition coefficient (Wildman–Crippen LogP) is -0.115. The number of nitrogens with one attached hydrogen (secondary N) is 8. The molecule has 0 radical (unpaired) electrons. The molecule has 24 nitrogen and oxygen atoms in total. The third kappa shape index (κ3) is 21.8. The third-order valence-electron chi connectivity index (χ3n) is 13.0. The average molecular weight is 1190 g/mol. The highest BCUT2D eigenvalue weighted by atomic mass is 35.5. The Morgan fingerprint density at radius 1 is 0.707 bits per heavy atom. The van der Waals surface area contributed by atoms with Crippen LogP contribution in [0, 0.1) is 0 Å². The van der Waals surface area contributed by atoms with Crippen LogP contribution >= 0.6 is 33.2 Å². The van der Waals surface area contributed by atoms with Crippen molar-refractivity contribution in [3.8, 4) is 11.5 Å². The molecular weight excluding hydrogens is 1120 g/mol. The maximum atomic E-state index is 14.7. The van der Waals surface area contributed by atoms with Gasteiger partial charge in [0.1, 0.15) is 53.8 Å². The molecule has 9 amide bonds. The Morgan fingerprint density at radius 2 is 1.27 bits per heavy atom. The first kappa shape index (κ1) is 65.3. The molecule has 9 atom stereocenters. The summed E-state index contributed by atoms with van der Waals surface area (Å²) in [6, 6.07) is 9.84. The van der Waals surface area contributed by atoms with Crippen LogP contribution in [0.5, 0.6) is 11.5 Å². The molecule has 1 aromatic heterocycles. The molecule has 17 N–H and O–H groups in total. The van der Waals surface area contributed by atoms with Crippen molar-refractivity contribution in [2.24, 2.45) is 17.2 Å². The molecular formula is C55H71ClN12O12S2. The summed E-state index contributed by atoms with van der Waals surface area (Å²) in [6.07, 6.45) is 2.15. The normalized spacial score (nSPS) is 20.7. The Kier molecular flexibility index (Phi) is 26.6. The number of rotatable bonds is 22. The zero-order valence-electron chi connectivity index (χ0n) is 45.0. The van der Waals surface area contributed by atoms with Crippen LogP contribution in [0.2, 0.25) is 5.02 Å². The van der Waals surface area contributed by atoms with Gasteiger partial charge in [0, 0.05) is 48.3 Å². The fraction of sp³-hybridized carbons (Fsp3) is 0.418. The maximum absolute atomic E-state index is 14.7. The minimum atomic E-state index is -1.75. The number of aliphatic hydroxyl groups excluding tert-OH is 1. The van der Waals surface area contributed by atoms with Gasteiger partial charge in [-0.2, -0.15) is 0 Å². The molecule has 1 aliphatic rings. The van der Waals surface area contributed by atoms with E-state index in [2.05, 4.69) is 47.5 Å². The van der Waals surface area contributed by atoms with Gasteiger partial charge in [0.15, 0.2) is 0 Å². The van der Waals surface area contributed by atoms with Crippen LogP contribution in [0.3, 0.4) is 0 Å². The number of nitrogens with zero attached hydrogens (tertiary/aromatic N) is 1. The fourth-order valence-electron chi connectivity index (χ4n) is 8.33. The fourth-order valence-corrected chi connectivity index (χ4v) is 10.8. The zero-order chi connectivity index (χ0) is 59.7. The Bertz CT molecular complexity index is 2790. The molecule has 4 aromatic rings. The van der Waals surface area contributed by atoms with Crippen molar-refractivity contribution >= 4 is 86.4 Å².